The second-order valence-corrected chi connectivity index (χ2v) is 9.21. The predicted molar refractivity (Wildman–Crippen MR) is 109 cm³/mol. The van der Waals surface area contributed by atoms with Gasteiger partial charge in [0.2, 0.25) is 3.79 Å². The highest BCUT2D eigenvalue weighted by Gasteiger charge is 2.50. The molecule has 11 heteroatoms. The van der Waals surface area contributed by atoms with Crippen molar-refractivity contribution >= 4 is 40.9 Å². The smallest absolute Gasteiger partial charge is 0.407 e. The molecule has 166 valence electrons. The number of nitrogens with one attached hydrogen (secondary N) is 1. The molecule has 2 saturated heterocycles. The molecule has 6 atom stereocenters. The lowest BCUT2D eigenvalue weighted by molar-refractivity contribution is -0.342. The molecule has 3 unspecified atom stereocenters. The molecule has 0 radical (unpaired) electrons. The van der Waals surface area contributed by atoms with Gasteiger partial charge in [0.15, 0.2) is 12.6 Å². The Morgan fingerprint density at radius 2 is 2.03 bits per heavy atom. The first-order valence-electron chi connectivity index (χ1n) is 9.16. The van der Waals surface area contributed by atoms with Crippen LogP contribution in [0.4, 0.5) is 4.79 Å². The fourth-order valence-corrected chi connectivity index (χ4v) is 3.32. The van der Waals surface area contributed by atoms with Crippen LogP contribution in [-0.2, 0) is 23.7 Å². The topological polar surface area (TPSA) is 95.5 Å². The average Bonchev–Trinajstić information content (AvgIpc) is 2.73. The molecule has 2 fully saturated rings. The maximum absolute atomic E-state index is 12.2. The molecule has 1 aromatic carbocycles. The molecule has 0 spiro atoms. The van der Waals surface area contributed by atoms with E-state index in [0.717, 1.165) is 5.56 Å². The van der Waals surface area contributed by atoms with Gasteiger partial charge in [0.25, 0.3) is 0 Å². The monoisotopic (exact) mass is 481 g/mol. The number of aliphatic hydroxyl groups excluding tert-OH is 1. The third-order valence-corrected chi connectivity index (χ3v) is 4.79. The van der Waals surface area contributed by atoms with Crippen LogP contribution < -0.4 is 5.32 Å². The van der Waals surface area contributed by atoms with Crippen molar-refractivity contribution in [3.63, 3.8) is 0 Å². The number of ether oxygens (including phenoxy) is 5. The van der Waals surface area contributed by atoms with Gasteiger partial charge in [-0.2, -0.15) is 0 Å². The van der Waals surface area contributed by atoms with Crippen LogP contribution in [0.5, 0.6) is 0 Å². The fraction of sp³-hybridized carbons (Fsp3) is 0.526. The summed E-state index contributed by atoms with van der Waals surface area (Å²) >= 11 is 16.8. The zero-order valence-electron chi connectivity index (χ0n) is 15.8. The Bertz CT molecular complexity index is 718. The average molecular weight is 483 g/mol. The van der Waals surface area contributed by atoms with Gasteiger partial charge in [0.1, 0.15) is 31.0 Å². The number of alkyl halides is 3. The van der Waals surface area contributed by atoms with Gasteiger partial charge in [-0.3, -0.25) is 0 Å². The SMILES string of the molecule is C=CCO[C@H]1OC2COC(c3ccccc3)O[C@H]2[C@H](O)C1NC(=O)OCC(Cl)(Cl)Cl. The van der Waals surface area contributed by atoms with Gasteiger partial charge in [0, 0.05) is 5.56 Å². The first-order valence-corrected chi connectivity index (χ1v) is 10.3. The van der Waals surface area contributed by atoms with Crippen molar-refractivity contribution in [2.24, 2.45) is 0 Å². The highest BCUT2D eigenvalue weighted by Crippen LogP contribution is 2.34. The molecule has 0 saturated carbocycles. The fourth-order valence-electron chi connectivity index (χ4n) is 3.16. The highest BCUT2D eigenvalue weighted by molar-refractivity contribution is 6.67. The van der Waals surface area contributed by atoms with Crippen LogP contribution in [0, 0.1) is 0 Å². The molecule has 0 aliphatic carbocycles. The van der Waals surface area contributed by atoms with E-state index >= 15 is 0 Å². The van der Waals surface area contributed by atoms with Crippen molar-refractivity contribution < 1.29 is 33.6 Å². The van der Waals surface area contributed by atoms with Crippen LogP contribution in [0.25, 0.3) is 0 Å². The van der Waals surface area contributed by atoms with E-state index in [1.165, 1.54) is 6.08 Å². The summed E-state index contributed by atoms with van der Waals surface area (Å²) < 4.78 is 26.2. The maximum Gasteiger partial charge on any atom is 0.407 e. The molecule has 30 heavy (non-hydrogen) atoms. The van der Waals surface area contributed by atoms with Gasteiger partial charge in [-0.1, -0.05) is 71.2 Å². The molecule has 3 rings (SSSR count). The van der Waals surface area contributed by atoms with E-state index in [0.29, 0.717) is 0 Å². The molecule has 0 aromatic heterocycles. The molecule has 2 aliphatic heterocycles. The molecule has 1 amide bonds. The first-order chi connectivity index (χ1) is 14.3. The van der Waals surface area contributed by atoms with Crippen LogP contribution in [0.15, 0.2) is 43.0 Å². The number of hydrogen-bond acceptors (Lipinski definition) is 7. The van der Waals surface area contributed by atoms with Crippen LogP contribution in [-0.4, -0.2) is 65.5 Å². The van der Waals surface area contributed by atoms with E-state index < -0.39 is 53.4 Å². The summed E-state index contributed by atoms with van der Waals surface area (Å²) in [5.74, 6) is 0. The highest BCUT2D eigenvalue weighted by atomic mass is 35.6. The molecule has 2 heterocycles. The van der Waals surface area contributed by atoms with E-state index in [1.807, 2.05) is 30.3 Å². The summed E-state index contributed by atoms with van der Waals surface area (Å²) in [6.07, 6.45) is -3.66. The van der Waals surface area contributed by atoms with Gasteiger partial charge in [0.05, 0.1) is 13.2 Å². The number of halogens is 3. The number of carbonyl (C=O) groups excluding carboxylic acids is 1. The van der Waals surface area contributed by atoms with Crippen LogP contribution in [0.3, 0.4) is 0 Å². The number of carbonyl (C=O) groups is 1. The number of aliphatic hydroxyl groups is 1. The Morgan fingerprint density at radius 1 is 1.30 bits per heavy atom. The van der Waals surface area contributed by atoms with E-state index in [9.17, 15) is 9.90 Å². The van der Waals surface area contributed by atoms with E-state index in [2.05, 4.69) is 11.9 Å². The summed E-state index contributed by atoms with van der Waals surface area (Å²) in [5, 5.41) is 13.5. The summed E-state index contributed by atoms with van der Waals surface area (Å²) in [4.78, 5) is 12.2. The lowest BCUT2D eigenvalue weighted by Crippen LogP contribution is -2.66. The summed E-state index contributed by atoms with van der Waals surface area (Å²) in [5.41, 5.74) is 0.791. The minimum atomic E-state index is -1.77. The van der Waals surface area contributed by atoms with Gasteiger partial charge in [-0.05, 0) is 0 Å². The number of benzene rings is 1. The first kappa shape index (κ1) is 23.6. The normalized spacial score (nSPS) is 31.5. The lowest BCUT2D eigenvalue weighted by Gasteiger charge is -2.47. The van der Waals surface area contributed by atoms with Crippen LogP contribution in [0.2, 0.25) is 0 Å². The van der Waals surface area contributed by atoms with E-state index in [1.54, 1.807) is 0 Å². The van der Waals surface area contributed by atoms with Gasteiger partial charge < -0.3 is 34.1 Å². The minimum Gasteiger partial charge on any atom is -0.445 e. The van der Waals surface area contributed by atoms with Crippen molar-refractivity contribution in [1.29, 1.82) is 0 Å². The zero-order chi connectivity index (χ0) is 21.7. The van der Waals surface area contributed by atoms with Crippen LogP contribution in [0.1, 0.15) is 11.9 Å². The molecule has 2 N–H and O–H groups in total. The van der Waals surface area contributed by atoms with Gasteiger partial charge in [-0.25, -0.2) is 4.79 Å². The third kappa shape index (κ3) is 6.21. The summed E-state index contributed by atoms with van der Waals surface area (Å²) in [7, 11) is 0. The quantitative estimate of drug-likeness (QED) is 0.475. The van der Waals surface area contributed by atoms with Crippen LogP contribution >= 0.6 is 34.8 Å². The molecular weight excluding hydrogens is 461 g/mol. The number of fused-ring (bicyclic) bond motifs is 1. The number of amides is 1. The third-order valence-electron chi connectivity index (χ3n) is 4.47. The summed E-state index contributed by atoms with van der Waals surface area (Å²) in [6.45, 7) is 3.40. The van der Waals surface area contributed by atoms with Gasteiger partial charge >= 0.3 is 6.09 Å². The second kappa shape index (κ2) is 10.5. The van der Waals surface area contributed by atoms with Crippen molar-refractivity contribution in [3.05, 3.63) is 48.6 Å². The Morgan fingerprint density at radius 3 is 2.70 bits per heavy atom. The molecule has 8 nitrogen and oxygen atoms in total. The molecule has 2 aliphatic rings. The lowest BCUT2D eigenvalue weighted by atomic mass is 9.96. The Hall–Kier alpha value is -1.10. The van der Waals surface area contributed by atoms with E-state index in [4.69, 9.17) is 58.5 Å². The number of rotatable bonds is 6. The van der Waals surface area contributed by atoms with Crippen molar-refractivity contribution in [2.75, 3.05) is 19.8 Å². The molecule has 1 aromatic rings. The maximum atomic E-state index is 12.2. The number of hydrogen-bond donors (Lipinski definition) is 2. The molecule has 0 bridgehead atoms. The Labute approximate surface area is 188 Å². The Balaban J connectivity index is 1.70. The summed E-state index contributed by atoms with van der Waals surface area (Å²) in [6, 6.07) is 8.27. The second-order valence-electron chi connectivity index (χ2n) is 6.69. The minimum absolute atomic E-state index is 0.129. The van der Waals surface area contributed by atoms with Gasteiger partial charge in [-0.15, -0.1) is 6.58 Å². The van der Waals surface area contributed by atoms with Crippen molar-refractivity contribution in [3.8, 4) is 0 Å². The van der Waals surface area contributed by atoms with Crippen molar-refractivity contribution in [1.82, 2.24) is 5.32 Å². The Kier molecular flexibility index (Phi) is 8.23. The largest absolute Gasteiger partial charge is 0.445 e. The zero-order valence-corrected chi connectivity index (χ0v) is 18.1. The van der Waals surface area contributed by atoms with Crippen molar-refractivity contribution in [2.45, 2.75) is 40.7 Å². The van der Waals surface area contributed by atoms with E-state index in [-0.39, 0.29) is 13.2 Å². The standard InChI is InChI=1S/C19H22Cl3NO7/c1-2-8-26-17-13(23-18(25)28-10-19(20,21)22)14(24)15-12(29-17)9-27-16(30-15)11-6-4-3-5-7-11/h2-7,12-17,24H,1,8-10H2,(H,23,25)/t12?,13?,14-,15-,16?,17+/m1/s1. The number of alkyl carbamates (subject to hydrolysis) is 1. The predicted octanol–water partition coefficient (Wildman–Crippen LogP) is 2.85. The molecular formula is C19H22Cl3NO7.